The van der Waals surface area contributed by atoms with Crippen LogP contribution in [0.4, 0.5) is 10.1 Å². The van der Waals surface area contributed by atoms with Gasteiger partial charge in [0.1, 0.15) is 5.82 Å². The molecule has 2 unspecified atom stereocenters. The summed E-state index contributed by atoms with van der Waals surface area (Å²) >= 11 is 0. The molecule has 1 aromatic carbocycles. The smallest absolute Gasteiger partial charge is 0.255 e. The zero-order chi connectivity index (χ0) is 15.0. The third-order valence-corrected chi connectivity index (χ3v) is 4.35. The van der Waals surface area contributed by atoms with E-state index in [1.54, 1.807) is 4.90 Å². The number of anilines is 1. The molecule has 2 atom stereocenters. The lowest BCUT2D eigenvalue weighted by Crippen LogP contribution is -2.55. The standard InChI is InChI=1S/C15H18FN3O2/c16-10-2-3-11(12(17)7-10)15(21)19-6-5-13-9(8-19)1-4-14(20)18-13/h2-3,7,9,13H,1,4-6,8,17H2,(H,18,20). The van der Waals surface area contributed by atoms with Crippen LogP contribution in [0.3, 0.4) is 0 Å². The van der Waals surface area contributed by atoms with Gasteiger partial charge in [-0.05, 0) is 37.0 Å². The maximum absolute atomic E-state index is 13.1. The van der Waals surface area contributed by atoms with E-state index in [1.807, 2.05) is 0 Å². The average molecular weight is 291 g/mol. The van der Waals surface area contributed by atoms with Gasteiger partial charge in [0.15, 0.2) is 0 Å². The Kier molecular flexibility index (Phi) is 3.53. The van der Waals surface area contributed by atoms with Crippen molar-refractivity contribution in [3.8, 4) is 0 Å². The molecular weight excluding hydrogens is 273 g/mol. The lowest BCUT2D eigenvalue weighted by Gasteiger charge is -2.41. The molecule has 0 radical (unpaired) electrons. The summed E-state index contributed by atoms with van der Waals surface area (Å²) in [4.78, 5) is 25.6. The minimum absolute atomic E-state index is 0.0961. The summed E-state index contributed by atoms with van der Waals surface area (Å²) in [6.45, 7) is 1.19. The number of piperidine rings is 2. The molecule has 2 aliphatic rings. The van der Waals surface area contributed by atoms with Crippen LogP contribution in [0.1, 0.15) is 29.6 Å². The normalized spacial score (nSPS) is 25.2. The van der Waals surface area contributed by atoms with E-state index in [1.165, 1.54) is 18.2 Å². The van der Waals surface area contributed by atoms with Crippen molar-refractivity contribution >= 4 is 17.5 Å². The van der Waals surface area contributed by atoms with E-state index in [-0.39, 0.29) is 23.5 Å². The molecule has 2 heterocycles. The van der Waals surface area contributed by atoms with E-state index in [0.29, 0.717) is 31.0 Å². The van der Waals surface area contributed by atoms with Crippen LogP contribution in [0.2, 0.25) is 0 Å². The molecule has 21 heavy (non-hydrogen) atoms. The number of nitrogen functional groups attached to an aromatic ring is 1. The summed E-state index contributed by atoms with van der Waals surface area (Å²) in [5.41, 5.74) is 6.24. The first-order chi connectivity index (χ1) is 10.0. The Morgan fingerprint density at radius 1 is 1.38 bits per heavy atom. The fourth-order valence-electron chi connectivity index (χ4n) is 3.19. The first-order valence-electron chi connectivity index (χ1n) is 7.18. The monoisotopic (exact) mass is 291 g/mol. The van der Waals surface area contributed by atoms with E-state index in [0.717, 1.165) is 12.8 Å². The second-order valence-electron chi connectivity index (χ2n) is 5.74. The maximum Gasteiger partial charge on any atom is 0.255 e. The van der Waals surface area contributed by atoms with Crippen molar-refractivity contribution in [1.29, 1.82) is 0 Å². The predicted molar refractivity (Wildman–Crippen MR) is 76.0 cm³/mol. The van der Waals surface area contributed by atoms with Crippen LogP contribution in [-0.2, 0) is 4.79 Å². The second-order valence-corrected chi connectivity index (χ2v) is 5.74. The van der Waals surface area contributed by atoms with Crippen molar-refractivity contribution in [2.24, 2.45) is 5.92 Å². The number of carbonyl (C=O) groups excluding carboxylic acids is 2. The third-order valence-electron chi connectivity index (χ3n) is 4.35. The van der Waals surface area contributed by atoms with Gasteiger partial charge in [0.05, 0.1) is 5.56 Å². The van der Waals surface area contributed by atoms with Crippen LogP contribution in [-0.4, -0.2) is 35.8 Å². The van der Waals surface area contributed by atoms with Gasteiger partial charge in [0, 0.05) is 31.2 Å². The summed E-state index contributed by atoms with van der Waals surface area (Å²) in [5, 5.41) is 2.99. The molecule has 112 valence electrons. The Morgan fingerprint density at radius 2 is 2.19 bits per heavy atom. The molecule has 0 aromatic heterocycles. The minimum Gasteiger partial charge on any atom is -0.398 e. The topological polar surface area (TPSA) is 75.4 Å². The van der Waals surface area contributed by atoms with Gasteiger partial charge >= 0.3 is 0 Å². The van der Waals surface area contributed by atoms with Crippen LogP contribution in [0.25, 0.3) is 0 Å². The first-order valence-corrected chi connectivity index (χ1v) is 7.18. The fraction of sp³-hybridized carbons (Fsp3) is 0.467. The van der Waals surface area contributed by atoms with E-state index in [9.17, 15) is 14.0 Å². The summed E-state index contributed by atoms with van der Waals surface area (Å²) in [7, 11) is 0. The van der Waals surface area contributed by atoms with Crippen molar-refractivity contribution in [2.75, 3.05) is 18.8 Å². The number of rotatable bonds is 1. The van der Waals surface area contributed by atoms with Crippen molar-refractivity contribution in [2.45, 2.75) is 25.3 Å². The number of likely N-dealkylation sites (tertiary alicyclic amines) is 1. The average Bonchev–Trinajstić information content (AvgIpc) is 2.46. The SMILES string of the molecule is Nc1cc(F)ccc1C(=O)N1CCC2NC(=O)CCC2C1. The molecule has 0 saturated carbocycles. The second kappa shape index (κ2) is 5.35. The Hall–Kier alpha value is -2.11. The summed E-state index contributed by atoms with van der Waals surface area (Å²) in [6, 6.07) is 4.01. The van der Waals surface area contributed by atoms with E-state index in [2.05, 4.69) is 5.32 Å². The number of carbonyl (C=O) groups is 2. The number of nitrogens with one attached hydrogen (secondary N) is 1. The Bertz CT molecular complexity index is 590. The number of amides is 2. The highest BCUT2D eigenvalue weighted by Crippen LogP contribution is 2.27. The van der Waals surface area contributed by atoms with Crippen LogP contribution in [0.5, 0.6) is 0 Å². The highest BCUT2D eigenvalue weighted by molar-refractivity contribution is 5.99. The van der Waals surface area contributed by atoms with E-state index >= 15 is 0 Å². The van der Waals surface area contributed by atoms with Crippen molar-refractivity contribution < 1.29 is 14.0 Å². The molecule has 2 saturated heterocycles. The van der Waals surface area contributed by atoms with E-state index in [4.69, 9.17) is 5.73 Å². The van der Waals surface area contributed by atoms with Crippen molar-refractivity contribution in [3.63, 3.8) is 0 Å². The van der Waals surface area contributed by atoms with Gasteiger partial charge < -0.3 is 16.0 Å². The number of fused-ring (bicyclic) bond motifs is 1. The molecule has 0 spiro atoms. The number of hydrogen-bond donors (Lipinski definition) is 2. The molecule has 2 amide bonds. The molecule has 0 bridgehead atoms. The summed E-state index contributed by atoms with van der Waals surface area (Å²) < 4.78 is 13.1. The van der Waals surface area contributed by atoms with Crippen molar-refractivity contribution in [1.82, 2.24) is 10.2 Å². The van der Waals surface area contributed by atoms with Crippen LogP contribution >= 0.6 is 0 Å². The fourth-order valence-corrected chi connectivity index (χ4v) is 3.19. The molecule has 3 rings (SSSR count). The van der Waals surface area contributed by atoms with Gasteiger partial charge in [-0.1, -0.05) is 0 Å². The predicted octanol–water partition coefficient (Wildman–Crippen LogP) is 1.15. The minimum atomic E-state index is -0.447. The molecule has 3 N–H and O–H groups in total. The van der Waals surface area contributed by atoms with Gasteiger partial charge in [-0.2, -0.15) is 0 Å². The number of benzene rings is 1. The Labute approximate surface area is 122 Å². The third kappa shape index (κ3) is 2.70. The lowest BCUT2D eigenvalue weighted by molar-refractivity contribution is -0.125. The number of nitrogens with two attached hydrogens (primary N) is 1. The molecule has 0 aliphatic carbocycles. The number of hydrogen-bond acceptors (Lipinski definition) is 3. The van der Waals surface area contributed by atoms with Crippen LogP contribution in [0.15, 0.2) is 18.2 Å². The zero-order valence-corrected chi connectivity index (χ0v) is 11.6. The van der Waals surface area contributed by atoms with Crippen LogP contribution in [0, 0.1) is 11.7 Å². The Balaban J connectivity index is 1.73. The first kappa shape index (κ1) is 13.9. The lowest BCUT2D eigenvalue weighted by atomic mass is 9.85. The van der Waals surface area contributed by atoms with Gasteiger partial charge in [-0.15, -0.1) is 0 Å². The molecule has 2 aliphatic heterocycles. The Morgan fingerprint density at radius 3 is 2.95 bits per heavy atom. The number of halogens is 1. The van der Waals surface area contributed by atoms with Crippen LogP contribution < -0.4 is 11.1 Å². The van der Waals surface area contributed by atoms with Gasteiger partial charge in [-0.25, -0.2) is 4.39 Å². The van der Waals surface area contributed by atoms with Gasteiger partial charge in [-0.3, -0.25) is 9.59 Å². The zero-order valence-electron chi connectivity index (χ0n) is 11.6. The van der Waals surface area contributed by atoms with Gasteiger partial charge in [0.2, 0.25) is 5.91 Å². The van der Waals surface area contributed by atoms with Gasteiger partial charge in [0.25, 0.3) is 5.91 Å². The summed E-state index contributed by atoms with van der Waals surface area (Å²) in [6.07, 6.45) is 2.07. The largest absolute Gasteiger partial charge is 0.398 e. The summed E-state index contributed by atoms with van der Waals surface area (Å²) in [5.74, 6) is -0.221. The van der Waals surface area contributed by atoms with E-state index < -0.39 is 5.82 Å². The molecule has 2 fully saturated rings. The molecular formula is C15H18FN3O2. The molecule has 5 nitrogen and oxygen atoms in total. The van der Waals surface area contributed by atoms with Crippen molar-refractivity contribution in [3.05, 3.63) is 29.6 Å². The molecule has 6 heteroatoms. The molecule has 1 aromatic rings. The maximum atomic E-state index is 13.1. The quantitative estimate of drug-likeness (QED) is 0.762. The highest BCUT2D eigenvalue weighted by atomic mass is 19.1. The highest BCUT2D eigenvalue weighted by Gasteiger charge is 2.35. The number of nitrogens with zero attached hydrogens (tertiary/aromatic N) is 1.